The largest absolute Gasteiger partial charge is 0.478 e. The van der Waals surface area contributed by atoms with Crippen molar-refractivity contribution < 1.29 is 9.90 Å². The van der Waals surface area contributed by atoms with Crippen molar-refractivity contribution in [3.63, 3.8) is 0 Å². The third-order valence-electron chi connectivity index (χ3n) is 2.78. The Morgan fingerprint density at radius 2 is 2.29 bits per heavy atom. The minimum absolute atomic E-state index is 0.0121. The predicted molar refractivity (Wildman–Crippen MR) is 53.3 cm³/mol. The Morgan fingerprint density at radius 1 is 1.50 bits per heavy atom. The van der Waals surface area contributed by atoms with E-state index in [1.165, 1.54) is 0 Å². The van der Waals surface area contributed by atoms with Crippen LogP contribution in [0, 0.1) is 0 Å². The van der Waals surface area contributed by atoms with E-state index in [1.54, 1.807) is 12.1 Å². The van der Waals surface area contributed by atoms with Crippen LogP contribution in [0.15, 0.2) is 18.2 Å². The summed E-state index contributed by atoms with van der Waals surface area (Å²) < 4.78 is 0. The van der Waals surface area contributed by atoms with E-state index < -0.39 is 5.97 Å². The van der Waals surface area contributed by atoms with Crippen LogP contribution in [0.1, 0.15) is 40.4 Å². The number of benzene rings is 1. The first-order valence-electron chi connectivity index (χ1n) is 4.81. The Balaban J connectivity index is 2.55. The minimum atomic E-state index is -0.851. The van der Waals surface area contributed by atoms with Crippen molar-refractivity contribution in [3.8, 4) is 0 Å². The normalized spacial score (nSPS) is 20.2. The van der Waals surface area contributed by atoms with Gasteiger partial charge in [-0.05, 0) is 36.5 Å². The minimum Gasteiger partial charge on any atom is -0.478 e. The lowest BCUT2D eigenvalue weighted by atomic mass is 9.85. The molecule has 0 amide bonds. The van der Waals surface area contributed by atoms with Crippen molar-refractivity contribution in [1.29, 1.82) is 0 Å². The van der Waals surface area contributed by atoms with Crippen LogP contribution in [0.4, 0.5) is 0 Å². The zero-order valence-electron chi connectivity index (χ0n) is 7.86. The second kappa shape index (κ2) is 3.42. The van der Waals surface area contributed by atoms with Gasteiger partial charge in [0.25, 0.3) is 0 Å². The Bertz CT molecular complexity index is 374. The maximum Gasteiger partial charge on any atom is 0.335 e. The molecule has 1 atom stereocenters. The SMILES string of the molecule is N[C@H]1CCCc2c(C(=O)O)cccc21. The molecule has 3 N–H and O–H groups in total. The van der Waals surface area contributed by atoms with Gasteiger partial charge in [-0.1, -0.05) is 12.1 Å². The predicted octanol–water partition coefficient (Wildman–Crippen LogP) is 1.72. The van der Waals surface area contributed by atoms with Crippen LogP contribution in [0.25, 0.3) is 0 Å². The highest BCUT2D eigenvalue weighted by atomic mass is 16.4. The molecule has 2 rings (SSSR count). The number of carboxylic acid groups (broad SMARTS) is 1. The summed E-state index contributed by atoms with van der Waals surface area (Å²) in [6, 6.07) is 5.37. The maximum atomic E-state index is 10.9. The van der Waals surface area contributed by atoms with Gasteiger partial charge in [0.05, 0.1) is 5.56 Å². The Labute approximate surface area is 82.5 Å². The Morgan fingerprint density at radius 3 is 3.00 bits per heavy atom. The van der Waals surface area contributed by atoms with Gasteiger partial charge < -0.3 is 10.8 Å². The number of carboxylic acids is 1. The fourth-order valence-corrected chi connectivity index (χ4v) is 2.09. The molecule has 3 heteroatoms. The van der Waals surface area contributed by atoms with Crippen LogP contribution in [-0.2, 0) is 6.42 Å². The molecule has 0 spiro atoms. The van der Waals surface area contributed by atoms with Gasteiger partial charge in [0, 0.05) is 6.04 Å². The van der Waals surface area contributed by atoms with E-state index in [0.717, 1.165) is 30.4 Å². The molecule has 0 radical (unpaired) electrons. The van der Waals surface area contributed by atoms with Crippen LogP contribution in [0.5, 0.6) is 0 Å². The van der Waals surface area contributed by atoms with Gasteiger partial charge in [0.2, 0.25) is 0 Å². The monoisotopic (exact) mass is 191 g/mol. The fraction of sp³-hybridized carbons (Fsp3) is 0.364. The second-order valence-corrected chi connectivity index (χ2v) is 3.68. The molecule has 1 aromatic carbocycles. The van der Waals surface area contributed by atoms with Crippen molar-refractivity contribution in [2.45, 2.75) is 25.3 Å². The standard InChI is InChI=1S/C11H13NO2/c12-10-6-2-3-7-8(10)4-1-5-9(7)11(13)14/h1,4-5,10H,2-3,6,12H2,(H,13,14)/t10-/m0/s1. The summed E-state index contributed by atoms with van der Waals surface area (Å²) in [5, 5.41) is 8.99. The van der Waals surface area contributed by atoms with Gasteiger partial charge in [0.15, 0.2) is 0 Å². The quantitative estimate of drug-likeness (QED) is 0.710. The lowest BCUT2D eigenvalue weighted by Crippen LogP contribution is -2.19. The molecule has 0 saturated heterocycles. The molecule has 0 fully saturated rings. The van der Waals surface area contributed by atoms with E-state index in [9.17, 15) is 4.79 Å². The van der Waals surface area contributed by atoms with Gasteiger partial charge in [-0.3, -0.25) is 0 Å². The van der Waals surface area contributed by atoms with Crippen molar-refractivity contribution in [3.05, 3.63) is 34.9 Å². The first-order valence-corrected chi connectivity index (χ1v) is 4.81. The molecular weight excluding hydrogens is 178 g/mol. The molecule has 0 unspecified atom stereocenters. The Hall–Kier alpha value is -1.35. The number of nitrogens with two attached hydrogens (primary N) is 1. The molecule has 1 aliphatic carbocycles. The van der Waals surface area contributed by atoms with Crippen molar-refractivity contribution in [2.24, 2.45) is 5.73 Å². The highest BCUT2D eigenvalue weighted by Crippen LogP contribution is 2.29. The van der Waals surface area contributed by atoms with Crippen LogP contribution >= 0.6 is 0 Å². The average Bonchev–Trinajstić information content (AvgIpc) is 2.17. The summed E-state index contributed by atoms with van der Waals surface area (Å²) in [4.78, 5) is 10.9. The van der Waals surface area contributed by atoms with Crippen LogP contribution < -0.4 is 5.73 Å². The second-order valence-electron chi connectivity index (χ2n) is 3.68. The summed E-state index contributed by atoms with van der Waals surface area (Å²) in [5.74, 6) is -0.851. The maximum absolute atomic E-state index is 10.9. The zero-order chi connectivity index (χ0) is 10.1. The first kappa shape index (κ1) is 9.21. The Kier molecular flexibility index (Phi) is 2.25. The highest BCUT2D eigenvalue weighted by molar-refractivity contribution is 5.90. The first-order chi connectivity index (χ1) is 6.70. The molecule has 0 bridgehead atoms. The van der Waals surface area contributed by atoms with Crippen molar-refractivity contribution >= 4 is 5.97 Å². The molecule has 1 aliphatic rings. The number of hydrogen-bond donors (Lipinski definition) is 2. The van der Waals surface area contributed by atoms with E-state index in [0.29, 0.717) is 5.56 Å². The van der Waals surface area contributed by atoms with E-state index in [2.05, 4.69) is 0 Å². The van der Waals surface area contributed by atoms with Gasteiger partial charge in [-0.25, -0.2) is 4.79 Å². The highest BCUT2D eigenvalue weighted by Gasteiger charge is 2.21. The molecule has 1 aromatic rings. The molecule has 74 valence electrons. The molecule has 0 aromatic heterocycles. The summed E-state index contributed by atoms with van der Waals surface area (Å²) in [6.07, 6.45) is 2.78. The number of aromatic carboxylic acids is 1. The topological polar surface area (TPSA) is 63.3 Å². The van der Waals surface area contributed by atoms with Gasteiger partial charge in [-0.15, -0.1) is 0 Å². The molecule has 3 nitrogen and oxygen atoms in total. The van der Waals surface area contributed by atoms with E-state index >= 15 is 0 Å². The summed E-state index contributed by atoms with van der Waals surface area (Å²) in [5.41, 5.74) is 8.28. The number of carbonyl (C=O) groups is 1. The molecular formula is C11H13NO2. The molecule has 0 heterocycles. The van der Waals surface area contributed by atoms with Gasteiger partial charge in [0.1, 0.15) is 0 Å². The summed E-state index contributed by atoms with van der Waals surface area (Å²) in [7, 11) is 0. The van der Waals surface area contributed by atoms with Crippen LogP contribution in [0.2, 0.25) is 0 Å². The lowest BCUT2D eigenvalue weighted by molar-refractivity contribution is 0.0695. The van der Waals surface area contributed by atoms with Gasteiger partial charge >= 0.3 is 5.97 Å². The summed E-state index contributed by atoms with van der Waals surface area (Å²) in [6.45, 7) is 0. The van der Waals surface area contributed by atoms with Gasteiger partial charge in [-0.2, -0.15) is 0 Å². The molecule has 0 saturated carbocycles. The van der Waals surface area contributed by atoms with E-state index in [-0.39, 0.29) is 6.04 Å². The average molecular weight is 191 g/mol. The zero-order valence-corrected chi connectivity index (χ0v) is 7.86. The van der Waals surface area contributed by atoms with Crippen molar-refractivity contribution in [1.82, 2.24) is 0 Å². The fourth-order valence-electron chi connectivity index (χ4n) is 2.09. The third kappa shape index (κ3) is 1.40. The van der Waals surface area contributed by atoms with E-state index in [1.807, 2.05) is 6.07 Å². The third-order valence-corrected chi connectivity index (χ3v) is 2.78. The number of hydrogen-bond acceptors (Lipinski definition) is 2. The number of rotatable bonds is 1. The molecule has 14 heavy (non-hydrogen) atoms. The number of fused-ring (bicyclic) bond motifs is 1. The van der Waals surface area contributed by atoms with Crippen LogP contribution in [-0.4, -0.2) is 11.1 Å². The van der Waals surface area contributed by atoms with Crippen LogP contribution in [0.3, 0.4) is 0 Å². The molecule has 0 aliphatic heterocycles. The summed E-state index contributed by atoms with van der Waals surface area (Å²) >= 11 is 0. The lowest BCUT2D eigenvalue weighted by Gasteiger charge is -2.23. The van der Waals surface area contributed by atoms with E-state index in [4.69, 9.17) is 10.8 Å². The smallest absolute Gasteiger partial charge is 0.335 e. The van der Waals surface area contributed by atoms with Crippen molar-refractivity contribution in [2.75, 3.05) is 0 Å².